The molecule has 38 heavy (non-hydrogen) atoms. The number of para-hydroxylation sites is 1. The summed E-state index contributed by atoms with van der Waals surface area (Å²) in [7, 11) is 0. The normalized spacial score (nSPS) is 14.2. The van der Waals surface area contributed by atoms with Crippen molar-refractivity contribution in [2.24, 2.45) is 0 Å². The SMILES string of the molecule is C.C[C@H](Cc1ccc(Oc2ccc(CS)cn2)cc1)NC[C@H](O)COC1=CCCc2[nH]c3ccccc3c21. The Morgan fingerprint density at radius 3 is 2.63 bits per heavy atom. The first kappa shape index (κ1) is 27.8. The highest BCUT2D eigenvalue weighted by Crippen LogP contribution is 2.34. The predicted octanol–water partition coefficient (Wildman–Crippen LogP) is 6.31. The maximum Gasteiger partial charge on any atom is 0.219 e. The summed E-state index contributed by atoms with van der Waals surface area (Å²) in [4.78, 5) is 7.81. The van der Waals surface area contributed by atoms with Gasteiger partial charge in [-0.25, -0.2) is 4.98 Å². The number of pyridine rings is 1. The highest BCUT2D eigenvalue weighted by atomic mass is 32.1. The Balaban J connectivity index is 0.00000336. The van der Waals surface area contributed by atoms with Gasteiger partial charge < -0.3 is 24.9 Å². The topological polar surface area (TPSA) is 79.4 Å². The van der Waals surface area contributed by atoms with Crippen LogP contribution in [0.3, 0.4) is 0 Å². The Hall–Kier alpha value is -3.26. The van der Waals surface area contributed by atoms with Crippen LogP contribution in [0.2, 0.25) is 0 Å². The van der Waals surface area contributed by atoms with E-state index >= 15 is 0 Å². The maximum absolute atomic E-state index is 10.6. The summed E-state index contributed by atoms with van der Waals surface area (Å²) in [6.45, 7) is 2.83. The molecule has 0 amide bonds. The van der Waals surface area contributed by atoms with Gasteiger partial charge in [-0.05, 0) is 61.6 Å². The third-order valence-corrected chi connectivity index (χ3v) is 6.92. The standard InChI is InChI=1S/C30H33N3O3S.CH4/c1-20(15-21-9-12-24(13-10-21)36-29-14-11-22(19-37)16-32-29)31-17-23(34)18-35-28-8-4-7-27-30(28)25-5-2-3-6-26(25)33-27;/h2-3,5-6,8-14,16,20,23,31,33-34,37H,4,7,15,17-19H2,1H3;1H4/t20-,23+;/m1./s1. The summed E-state index contributed by atoms with van der Waals surface area (Å²) in [5.41, 5.74) is 5.71. The van der Waals surface area contributed by atoms with E-state index in [0.29, 0.717) is 18.2 Å². The summed E-state index contributed by atoms with van der Waals surface area (Å²) in [6, 6.07) is 20.3. The van der Waals surface area contributed by atoms with Gasteiger partial charge in [0.2, 0.25) is 5.88 Å². The van der Waals surface area contributed by atoms with E-state index in [1.54, 1.807) is 6.20 Å². The summed E-state index contributed by atoms with van der Waals surface area (Å²) in [5.74, 6) is 2.83. The van der Waals surface area contributed by atoms with E-state index in [1.165, 1.54) is 16.6 Å². The lowest BCUT2D eigenvalue weighted by atomic mass is 10.0. The molecule has 200 valence electrons. The Morgan fingerprint density at radius 1 is 1.08 bits per heavy atom. The van der Waals surface area contributed by atoms with Crippen molar-refractivity contribution < 1.29 is 14.6 Å². The van der Waals surface area contributed by atoms with Gasteiger partial charge in [0, 0.05) is 52.8 Å². The first-order valence-electron chi connectivity index (χ1n) is 12.8. The van der Waals surface area contributed by atoms with Crippen molar-refractivity contribution in [1.29, 1.82) is 0 Å². The Labute approximate surface area is 230 Å². The molecule has 3 N–H and O–H groups in total. The molecule has 4 aromatic rings. The number of thiol groups is 1. The molecule has 2 aromatic heterocycles. The average molecular weight is 532 g/mol. The number of aryl methyl sites for hydroxylation is 1. The van der Waals surface area contributed by atoms with E-state index in [9.17, 15) is 5.11 Å². The van der Waals surface area contributed by atoms with E-state index in [4.69, 9.17) is 9.47 Å². The van der Waals surface area contributed by atoms with Gasteiger partial charge in [0.15, 0.2) is 0 Å². The molecule has 0 spiro atoms. The summed E-state index contributed by atoms with van der Waals surface area (Å²) in [6.07, 6.45) is 6.05. The van der Waals surface area contributed by atoms with Crippen LogP contribution in [-0.2, 0) is 23.3 Å². The molecule has 0 saturated heterocycles. The number of hydrogen-bond acceptors (Lipinski definition) is 6. The third-order valence-electron chi connectivity index (χ3n) is 6.56. The number of aliphatic hydroxyl groups is 1. The minimum absolute atomic E-state index is 0. The van der Waals surface area contributed by atoms with Crippen molar-refractivity contribution in [3.05, 3.63) is 95.3 Å². The number of aliphatic hydroxyl groups excluding tert-OH is 1. The largest absolute Gasteiger partial charge is 0.490 e. The molecule has 0 unspecified atom stereocenters. The van der Waals surface area contributed by atoms with Crippen LogP contribution in [0.5, 0.6) is 11.6 Å². The molecular formula is C31H37N3O3S. The molecule has 2 atom stereocenters. The zero-order chi connectivity index (χ0) is 25.6. The van der Waals surface area contributed by atoms with Crippen molar-refractivity contribution in [2.45, 2.75) is 51.5 Å². The molecule has 7 heteroatoms. The van der Waals surface area contributed by atoms with Gasteiger partial charge >= 0.3 is 0 Å². The van der Waals surface area contributed by atoms with Crippen LogP contribution in [-0.4, -0.2) is 40.4 Å². The lowest BCUT2D eigenvalue weighted by Gasteiger charge is -2.20. The minimum atomic E-state index is -0.601. The van der Waals surface area contributed by atoms with E-state index in [1.807, 2.05) is 36.4 Å². The molecule has 1 aliphatic carbocycles. The quantitative estimate of drug-likeness (QED) is 0.171. The predicted molar refractivity (Wildman–Crippen MR) is 158 cm³/mol. The van der Waals surface area contributed by atoms with Crippen molar-refractivity contribution in [1.82, 2.24) is 15.3 Å². The third kappa shape index (κ3) is 6.78. The van der Waals surface area contributed by atoms with E-state index in [0.717, 1.165) is 47.4 Å². The highest BCUT2D eigenvalue weighted by molar-refractivity contribution is 7.79. The molecule has 0 aliphatic heterocycles. The molecule has 6 nitrogen and oxygen atoms in total. The average Bonchev–Trinajstić information content (AvgIpc) is 3.31. The van der Waals surface area contributed by atoms with Gasteiger partial charge in [0.25, 0.3) is 0 Å². The van der Waals surface area contributed by atoms with Gasteiger partial charge in [-0.15, -0.1) is 0 Å². The molecule has 5 rings (SSSR count). The highest BCUT2D eigenvalue weighted by Gasteiger charge is 2.20. The van der Waals surface area contributed by atoms with Crippen molar-refractivity contribution in [3.8, 4) is 11.6 Å². The number of nitrogens with one attached hydrogen (secondary N) is 2. The summed E-state index contributed by atoms with van der Waals surface area (Å²) in [5, 5.41) is 15.2. The number of hydrogen-bond donors (Lipinski definition) is 4. The van der Waals surface area contributed by atoms with E-state index in [-0.39, 0.29) is 20.1 Å². The zero-order valence-electron chi connectivity index (χ0n) is 21.0. The number of allylic oxidation sites excluding steroid dienone is 1. The molecular weight excluding hydrogens is 494 g/mol. The van der Waals surface area contributed by atoms with Crippen LogP contribution in [0.4, 0.5) is 0 Å². The number of aromatic amines is 1. The fourth-order valence-electron chi connectivity index (χ4n) is 4.63. The monoisotopic (exact) mass is 531 g/mol. The molecule has 2 heterocycles. The second kappa shape index (κ2) is 13.0. The van der Waals surface area contributed by atoms with Gasteiger partial charge in [0.1, 0.15) is 24.2 Å². The molecule has 0 radical (unpaired) electrons. The van der Waals surface area contributed by atoms with Crippen molar-refractivity contribution in [2.75, 3.05) is 13.2 Å². The Kier molecular flexibility index (Phi) is 9.50. The summed E-state index contributed by atoms with van der Waals surface area (Å²) >= 11 is 4.25. The van der Waals surface area contributed by atoms with E-state index in [2.05, 4.69) is 65.2 Å². The smallest absolute Gasteiger partial charge is 0.219 e. The summed E-state index contributed by atoms with van der Waals surface area (Å²) < 4.78 is 11.9. The number of nitrogens with zero attached hydrogens (tertiary/aromatic N) is 1. The van der Waals surface area contributed by atoms with Crippen LogP contribution < -0.4 is 10.1 Å². The van der Waals surface area contributed by atoms with Gasteiger partial charge in [-0.2, -0.15) is 12.6 Å². The van der Waals surface area contributed by atoms with Crippen LogP contribution >= 0.6 is 12.6 Å². The number of fused-ring (bicyclic) bond motifs is 3. The lowest BCUT2D eigenvalue weighted by Crippen LogP contribution is -2.37. The van der Waals surface area contributed by atoms with Crippen LogP contribution in [0.15, 0.2) is 72.9 Å². The molecule has 1 aliphatic rings. The lowest BCUT2D eigenvalue weighted by molar-refractivity contribution is 0.0904. The fourth-order valence-corrected chi connectivity index (χ4v) is 4.82. The maximum atomic E-state index is 10.6. The molecule has 2 aromatic carbocycles. The van der Waals surface area contributed by atoms with Crippen LogP contribution in [0, 0.1) is 0 Å². The number of ether oxygens (including phenoxy) is 2. The number of aromatic nitrogens is 2. The number of rotatable bonds is 11. The van der Waals surface area contributed by atoms with E-state index < -0.39 is 6.10 Å². The van der Waals surface area contributed by atoms with Gasteiger partial charge in [0.05, 0.1) is 0 Å². The molecule has 0 bridgehead atoms. The Morgan fingerprint density at radius 2 is 1.87 bits per heavy atom. The fraction of sp³-hybridized carbons (Fsp3) is 0.323. The van der Waals surface area contributed by atoms with Crippen LogP contribution in [0.25, 0.3) is 16.7 Å². The number of benzene rings is 2. The van der Waals surface area contributed by atoms with Crippen molar-refractivity contribution in [3.63, 3.8) is 0 Å². The van der Waals surface area contributed by atoms with Crippen molar-refractivity contribution >= 4 is 29.3 Å². The second-order valence-electron chi connectivity index (χ2n) is 9.52. The first-order chi connectivity index (χ1) is 18.1. The molecule has 0 fully saturated rings. The van der Waals surface area contributed by atoms with Gasteiger partial charge in [-0.3, -0.25) is 0 Å². The zero-order valence-corrected chi connectivity index (χ0v) is 21.9. The molecule has 0 saturated carbocycles. The first-order valence-corrected chi connectivity index (χ1v) is 13.4. The Bertz CT molecular complexity index is 1350. The second-order valence-corrected chi connectivity index (χ2v) is 9.83. The number of H-pyrrole nitrogens is 1. The minimum Gasteiger partial charge on any atom is -0.490 e. The van der Waals surface area contributed by atoms with Crippen LogP contribution in [0.1, 0.15) is 43.2 Å². The van der Waals surface area contributed by atoms with Gasteiger partial charge in [-0.1, -0.05) is 43.8 Å².